The summed E-state index contributed by atoms with van der Waals surface area (Å²) >= 11 is 0. The maximum Gasteiger partial charge on any atom is 0.137 e. The van der Waals surface area contributed by atoms with Gasteiger partial charge in [0, 0.05) is 31.1 Å². The Morgan fingerprint density at radius 3 is 2.59 bits per heavy atom. The van der Waals surface area contributed by atoms with Gasteiger partial charge in [-0.05, 0) is 44.0 Å². The topological polar surface area (TPSA) is 20.3 Å². The van der Waals surface area contributed by atoms with E-state index in [1.165, 1.54) is 12.1 Å². The summed E-state index contributed by atoms with van der Waals surface area (Å²) in [5.41, 5.74) is 0.994. The van der Waals surface area contributed by atoms with Crippen LogP contribution in [0.3, 0.4) is 0 Å². The highest BCUT2D eigenvalue weighted by Gasteiger charge is 2.26. The Balaban J connectivity index is 2.05. The number of hydrogen-bond donors (Lipinski definition) is 0. The summed E-state index contributed by atoms with van der Waals surface area (Å²) < 4.78 is 12.8. The van der Waals surface area contributed by atoms with Gasteiger partial charge in [-0.3, -0.25) is 4.79 Å². The van der Waals surface area contributed by atoms with Crippen LogP contribution >= 0.6 is 0 Å². The lowest BCUT2D eigenvalue weighted by atomic mass is 10.1. The molecule has 1 saturated carbocycles. The highest BCUT2D eigenvalue weighted by Crippen LogP contribution is 2.24. The Labute approximate surface area is 101 Å². The van der Waals surface area contributed by atoms with Gasteiger partial charge >= 0.3 is 0 Å². The Morgan fingerprint density at radius 2 is 2.06 bits per heavy atom. The van der Waals surface area contributed by atoms with Crippen molar-refractivity contribution in [1.82, 2.24) is 0 Å². The normalized spacial score (nSPS) is 19.6. The van der Waals surface area contributed by atoms with Crippen molar-refractivity contribution in [2.75, 3.05) is 18.0 Å². The van der Waals surface area contributed by atoms with Crippen molar-refractivity contribution < 1.29 is 9.18 Å². The van der Waals surface area contributed by atoms with E-state index in [4.69, 9.17) is 0 Å². The zero-order valence-electron chi connectivity index (χ0n) is 10.2. The standard InChI is InChI=1S/C14H18FNO/c1-2-16(10-11-4-3-5-14(11)17)13-8-6-12(15)7-9-13/h6-9,11H,2-5,10H2,1H3. The number of carbonyl (C=O) groups excluding carboxylic acids is 1. The summed E-state index contributed by atoms with van der Waals surface area (Å²) in [6.07, 6.45) is 2.74. The van der Waals surface area contributed by atoms with Crippen LogP contribution in [0, 0.1) is 11.7 Å². The molecule has 92 valence electrons. The summed E-state index contributed by atoms with van der Waals surface area (Å²) in [4.78, 5) is 13.8. The Bertz CT molecular complexity index is 388. The summed E-state index contributed by atoms with van der Waals surface area (Å²) in [6.45, 7) is 3.67. The van der Waals surface area contributed by atoms with E-state index in [-0.39, 0.29) is 11.7 Å². The molecule has 1 fully saturated rings. The average molecular weight is 235 g/mol. The second-order valence-corrected chi connectivity index (χ2v) is 4.57. The van der Waals surface area contributed by atoms with E-state index in [9.17, 15) is 9.18 Å². The molecule has 1 aromatic rings. The van der Waals surface area contributed by atoms with Gasteiger partial charge in [-0.2, -0.15) is 0 Å². The molecular formula is C14H18FNO. The van der Waals surface area contributed by atoms with Crippen LogP contribution in [-0.4, -0.2) is 18.9 Å². The van der Waals surface area contributed by atoms with Crippen molar-refractivity contribution in [3.63, 3.8) is 0 Å². The molecule has 3 heteroatoms. The van der Waals surface area contributed by atoms with Crippen LogP contribution in [0.2, 0.25) is 0 Å². The van der Waals surface area contributed by atoms with Gasteiger partial charge in [0.25, 0.3) is 0 Å². The zero-order valence-corrected chi connectivity index (χ0v) is 10.2. The van der Waals surface area contributed by atoms with E-state index in [0.29, 0.717) is 5.78 Å². The lowest BCUT2D eigenvalue weighted by Gasteiger charge is -2.25. The molecule has 0 saturated heterocycles. The molecule has 0 amide bonds. The second kappa shape index (κ2) is 5.30. The van der Waals surface area contributed by atoms with Crippen molar-refractivity contribution in [2.45, 2.75) is 26.2 Å². The van der Waals surface area contributed by atoms with E-state index < -0.39 is 0 Å². The molecule has 0 aromatic heterocycles. The first-order valence-electron chi connectivity index (χ1n) is 6.24. The van der Waals surface area contributed by atoms with Gasteiger partial charge < -0.3 is 4.90 Å². The summed E-state index contributed by atoms with van der Waals surface area (Å²) in [5.74, 6) is 0.326. The molecule has 17 heavy (non-hydrogen) atoms. The highest BCUT2D eigenvalue weighted by atomic mass is 19.1. The first-order valence-corrected chi connectivity index (χ1v) is 6.24. The smallest absolute Gasteiger partial charge is 0.137 e. The van der Waals surface area contributed by atoms with Crippen LogP contribution in [0.5, 0.6) is 0 Å². The van der Waals surface area contributed by atoms with Gasteiger partial charge in [-0.1, -0.05) is 0 Å². The predicted octanol–water partition coefficient (Wildman–Crippen LogP) is 3.02. The molecule has 0 spiro atoms. The largest absolute Gasteiger partial charge is 0.371 e. The molecule has 1 atom stereocenters. The molecule has 2 rings (SSSR count). The van der Waals surface area contributed by atoms with Crippen molar-refractivity contribution >= 4 is 11.5 Å². The van der Waals surface area contributed by atoms with E-state index in [1.807, 2.05) is 0 Å². The lowest BCUT2D eigenvalue weighted by molar-refractivity contribution is -0.120. The quantitative estimate of drug-likeness (QED) is 0.799. The number of benzene rings is 1. The number of halogens is 1. The summed E-state index contributed by atoms with van der Waals surface area (Å²) in [5, 5.41) is 0. The fourth-order valence-corrected chi connectivity index (χ4v) is 2.42. The van der Waals surface area contributed by atoms with E-state index in [0.717, 1.165) is 38.0 Å². The number of rotatable bonds is 4. The molecule has 1 aliphatic rings. The van der Waals surface area contributed by atoms with Gasteiger partial charge in [0.1, 0.15) is 11.6 Å². The summed E-state index contributed by atoms with van der Waals surface area (Å²) in [7, 11) is 0. The number of carbonyl (C=O) groups is 1. The minimum atomic E-state index is -0.221. The molecule has 0 aliphatic heterocycles. The zero-order chi connectivity index (χ0) is 12.3. The number of anilines is 1. The monoisotopic (exact) mass is 235 g/mol. The summed E-state index contributed by atoms with van der Waals surface area (Å²) in [6, 6.07) is 6.49. The third-order valence-corrected chi connectivity index (χ3v) is 3.45. The van der Waals surface area contributed by atoms with Crippen molar-refractivity contribution in [3.8, 4) is 0 Å². The number of nitrogens with zero attached hydrogens (tertiary/aromatic N) is 1. The highest BCUT2D eigenvalue weighted by molar-refractivity contribution is 5.83. The van der Waals surface area contributed by atoms with Crippen LogP contribution < -0.4 is 4.90 Å². The minimum absolute atomic E-state index is 0.167. The predicted molar refractivity (Wildman–Crippen MR) is 66.6 cm³/mol. The number of ketones is 1. The van der Waals surface area contributed by atoms with Gasteiger partial charge in [0.15, 0.2) is 0 Å². The van der Waals surface area contributed by atoms with Gasteiger partial charge in [0.2, 0.25) is 0 Å². The van der Waals surface area contributed by atoms with Crippen molar-refractivity contribution in [3.05, 3.63) is 30.1 Å². The third-order valence-electron chi connectivity index (χ3n) is 3.45. The van der Waals surface area contributed by atoms with Gasteiger partial charge in [-0.15, -0.1) is 0 Å². The average Bonchev–Trinajstić information content (AvgIpc) is 2.73. The molecule has 0 radical (unpaired) electrons. The molecule has 0 heterocycles. The van der Waals surface area contributed by atoms with Crippen molar-refractivity contribution in [2.24, 2.45) is 5.92 Å². The Hall–Kier alpha value is -1.38. The van der Waals surface area contributed by atoms with Crippen molar-refractivity contribution in [1.29, 1.82) is 0 Å². The van der Waals surface area contributed by atoms with Gasteiger partial charge in [-0.25, -0.2) is 4.39 Å². The lowest BCUT2D eigenvalue weighted by Crippen LogP contribution is -2.31. The molecule has 1 aliphatic carbocycles. The van der Waals surface area contributed by atoms with Crippen LogP contribution in [0.15, 0.2) is 24.3 Å². The number of hydrogen-bond acceptors (Lipinski definition) is 2. The Morgan fingerprint density at radius 1 is 1.35 bits per heavy atom. The van der Waals surface area contributed by atoms with Crippen LogP contribution in [0.25, 0.3) is 0 Å². The fraction of sp³-hybridized carbons (Fsp3) is 0.500. The van der Waals surface area contributed by atoms with E-state index in [1.54, 1.807) is 12.1 Å². The number of Topliss-reactive ketones (excluding diaryl/α,β-unsaturated/α-hetero) is 1. The molecule has 2 nitrogen and oxygen atoms in total. The molecule has 1 unspecified atom stereocenters. The first kappa shape index (κ1) is 12.1. The second-order valence-electron chi connectivity index (χ2n) is 4.57. The van der Waals surface area contributed by atoms with E-state index in [2.05, 4.69) is 11.8 Å². The van der Waals surface area contributed by atoms with Crippen LogP contribution in [0.1, 0.15) is 26.2 Å². The SMILES string of the molecule is CCN(CC1CCCC1=O)c1ccc(F)cc1. The molecule has 0 N–H and O–H groups in total. The molecular weight excluding hydrogens is 217 g/mol. The molecule has 1 aromatic carbocycles. The maximum absolute atomic E-state index is 12.8. The van der Waals surface area contributed by atoms with Crippen LogP contribution in [-0.2, 0) is 4.79 Å². The van der Waals surface area contributed by atoms with Gasteiger partial charge in [0.05, 0.1) is 0 Å². The minimum Gasteiger partial charge on any atom is -0.371 e. The maximum atomic E-state index is 12.8. The molecule has 0 bridgehead atoms. The Kier molecular flexibility index (Phi) is 3.77. The fourth-order valence-electron chi connectivity index (χ4n) is 2.42. The van der Waals surface area contributed by atoms with Crippen LogP contribution in [0.4, 0.5) is 10.1 Å². The first-order chi connectivity index (χ1) is 8.20. The third kappa shape index (κ3) is 2.84. The van der Waals surface area contributed by atoms with E-state index >= 15 is 0 Å².